The van der Waals surface area contributed by atoms with Gasteiger partial charge in [-0.15, -0.1) is 0 Å². The lowest BCUT2D eigenvalue weighted by Gasteiger charge is -2.57. The van der Waals surface area contributed by atoms with Gasteiger partial charge in [0.05, 0.1) is 6.10 Å². The van der Waals surface area contributed by atoms with Crippen LogP contribution in [-0.2, 0) is 4.74 Å². The Morgan fingerprint density at radius 1 is 0.933 bits per heavy atom. The Bertz CT molecular complexity index is 647. The molecule has 0 bridgehead atoms. The summed E-state index contributed by atoms with van der Waals surface area (Å²) < 4.78 is 5.79. The number of ether oxygens (including phenoxy) is 1. The molecule has 0 radical (unpaired) electrons. The molecule has 0 heterocycles. The molecule has 1 nitrogen and oxygen atoms in total. The van der Waals surface area contributed by atoms with E-state index in [4.69, 9.17) is 4.74 Å². The lowest BCUT2D eigenvalue weighted by molar-refractivity contribution is -0.0520. The van der Waals surface area contributed by atoms with E-state index in [1.807, 2.05) is 18.3 Å². The molecule has 30 heavy (non-hydrogen) atoms. The Kier molecular flexibility index (Phi) is 6.53. The van der Waals surface area contributed by atoms with Crippen molar-refractivity contribution in [2.24, 2.45) is 46.3 Å². The van der Waals surface area contributed by atoms with Crippen molar-refractivity contribution >= 4 is 0 Å². The monoisotopic (exact) mass is 414 g/mol. The average molecular weight is 415 g/mol. The number of hydrogen-bond acceptors (Lipinski definition) is 1. The van der Waals surface area contributed by atoms with Gasteiger partial charge in [0.1, 0.15) is 0 Å². The molecule has 0 aromatic carbocycles. The predicted molar refractivity (Wildman–Crippen MR) is 128 cm³/mol. The number of methoxy groups -OCH3 is 1. The SMILES string of the molecule is COC1CC[C@@]2(C)C(CCC3=C4CC[C@H]([C@H](C)CC[C@H](C)C(C)C)[C@@]4(C)CC[C@@H]32)C1. The van der Waals surface area contributed by atoms with Crippen LogP contribution in [0.4, 0.5) is 0 Å². The van der Waals surface area contributed by atoms with Crippen LogP contribution in [0.15, 0.2) is 11.1 Å². The quantitative estimate of drug-likeness (QED) is 0.396. The van der Waals surface area contributed by atoms with Gasteiger partial charge in [0.25, 0.3) is 0 Å². The molecule has 0 aromatic heterocycles. The molecule has 4 aliphatic carbocycles. The fraction of sp³-hybridized carbons (Fsp3) is 0.931. The highest BCUT2D eigenvalue weighted by Gasteiger charge is 2.55. The Labute approximate surface area is 187 Å². The van der Waals surface area contributed by atoms with E-state index in [0.717, 1.165) is 35.5 Å². The van der Waals surface area contributed by atoms with Crippen molar-refractivity contribution in [2.45, 2.75) is 118 Å². The van der Waals surface area contributed by atoms with Crippen LogP contribution in [0, 0.1) is 46.3 Å². The van der Waals surface area contributed by atoms with Gasteiger partial charge in [0.15, 0.2) is 0 Å². The zero-order valence-corrected chi connectivity index (χ0v) is 21.2. The van der Waals surface area contributed by atoms with E-state index >= 15 is 0 Å². The number of fused-ring (bicyclic) bond motifs is 4. The molecule has 4 rings (SSSR count). The second-order valence-corrected chi connectivity index (χ2v) is 12.8. The van der Waals surface area contributed by atoms with Crippen molar-refractivity contribution in [1.82, 2.24) is 0 Å². The molecular weight excluding hydrogens is 364 g/mol. The van der Waals surface area contributed by atoms with Crippen molar-refractivity contribution in [3.63, 3.8) is 0 Å². The molecule has 3 fully saturated rings. The molecule has 4 aliphatic rings. The van der Waals surface area contributed by atoms with Crippen LogP contribution in [0.5, 0.6) is 0 Å². The second kappa shape index (κ2) is 8.57. The molecule has 8 atom stereocenters. The predicted octanol–water partition coefficient (Wildman–Crippen LogP) is 8.43. The molecule has 0 aromatic rings. The lowest BCUT2D eigenvalue weighted by Crippen LogP contribution is -2.48. The van der Waals surface area contributed by atoms with Gasteiger partial charge in [-0.25, -0.2) is 0 Å². The summed E-state index contributed by atoms with van der Waals surface area (Å²) in [5, 5.41) is 0. The van der Waals surface area contributed by atoms with E-state index in [1.165, 1.54) is 70.6 Å². The summed E-state index contributed by atoms with van der Waals surface area (Å²) in [6.07, 6.45) is 16.0. The van der Waals surface area contributed by atoms with Gasteiger partial charge >= 0.3 is 0 Å². The summed E-state index contributed by atoms with van der Waals surface area (Å²) in [5.41, 5.74) is 4.98. The van der Waals surface area contributed by atoms with E-state index in [0.29, 0.717) is 16.9 Å². The fourth-order valence-electron chi connectivity index (χ4n) is 8.68. The molecule has 0 aliphatic heterocycles. The maximum Gasteiger partial charge on any atom is 0.0574 e. The molecule has 0 saturated heterocycles. The van der Waals surface area contributed by atoms with Gasteiger partial charge in [-0.2, -0.15) is 0 Å². The van der Waals surface area contributed by atoms with E-state index in [9.17, 15) is 0 Å². The fourth-order valence-corrected chi connectivity index (χ4v) is 8.68. The van der Waals surface area contributed by atoms with Crippen LogP contribution in [0.3, 0.4) is 0 Å². The Morgan fingerprint density at radius 2 is 1.70 bits per heavy atom. The summed E-state index contributed by atoms with van der Waals surface area (Å²) in [6.45, 7) is 15.2. The first-order valence-electron chi connectivity index (χ1n) is 13.5. The van der Waals surface area contributed by atoms with Crippen LogP contribution >= 0.6 is 0 Å². The van der Waals surface area contributed by atoms with Gasteiger partial charge in [-0.1, -0.05) is 65.5 Å². The van der Waals surface area contributed by atoms with Crippen molar-refractivity contribution in [3.8, 4) is 0 Å². The maximum atomic E-state index is 5.79. The molecule has 1 heteroatoms. The van der Waals surface area contributed by atoms with Gasteiger partial charge in [0.2, 0.25) is 0 Å². The third-order valence-electron chi connectivity index (χ3n) is 11.3. The zero-order chi connectivity index (χ0) is 21.7. The van der Waals surface area contributed by atoms with Gasteiger partial charge in [-0.05, 0) is 104 Å². The summed E-state index contributed by atoms with van der Waals surface area (Å²) in [5.74, 6) is 5.28. The van der Waals surface area contributed by atoms with Gasteiger partial charge < -0.3 is 4.74 Å². The smallest absolute Gasteiger partial charge is 0.0574 e. The molecule has 0 amide bonds. The van der Waals surface area contributed by atoms with Crippen molar-refractivity contribution in [3.05, 3.63) is 11.1 Å². The van der Waals surface area contributed by atoms with Crippen LogP contribution in [0.25, 0.3) is 0 Å². The first kappa shape index (κ1) is 22.9. The number of rotatable bonds is 6. The third kappa shape index (κ3) is 3.74. The van der Waals surface area contributed by atoms with Crippen molar-refractivity contribution in [1.29, 1.82) is 0 Å². The van der Waals surface area contributed by atoms with E-state index in [-0.39, 0.29) is 0 Å². The lowest BCUT2D eigenvalue weighted by atomic mass is 9.49. The standard InChI is InChI=1S/C29H50O/c1-19(2)20(3)8-9-21(4)25-12-13-26-24-11-10-22-18-23(30-7)14-16-28(22,5)27(24)15-17-29(25,26)6/h19-23,25,27H,8-18H2,1-7H3/t20-,21+,22?,23?,25+,27-,28-,29+/m0/s1. The molecule has 2 unspecified atom stereocenters. The third-order valence-corrected chi connectivity index (χ3v) is 11.3. The highest BCUT2D eigenvalue weighted by Crippen LogP contribution is 2.66. The van der Waals surface area contributed by atoms with Crippen LogP contribution in [0.1, 0.15) is 112 Å². The summed E-state index contributed by atoms with van der Waals surface area (Å²) in [4.78, 5) is 0. The Morgan fingerprint density at radius 3 is 2.40 bits per heavy atom. The van der Waals surface area contributed by atoms with E-state index in [2.05, 4.69) is 41.5 Å². The minimum absolute atomic E-state index is 0.513. The minimum Gasteiger partial charge on any atom is -0.381 e. The van der Waals surface area contributed by atoms with E-state index < -0.39 is 0 Å². The molecular formula is C29H50O. The summed E-state index contributed by atoms with van der Waals surface area (Å²) in [6, 6.07) is 0. The van der Waals surface area contributed by atoms with Gasteiger partial charge in [0, 0.05) is 7.11 Å². The number of hydrogen-bond donors (Lipinski definition) is 0. The molecule has 0 N–H and O–H groups in total. The van der Waals surface area contributed by atoms with Crippen LogP contribution in [0.2, 0.25) is 0 Å². The topological polar surface area (TPSA) is 9.23 Å². The summed E-state index contributed by atoms with van der Waals surface area (Å²) >= 11 is 0. The normalized spacial score (nSPS) is 43.2. The summed E-state index contributed by atoms with van der Waals surface area (Å²) in [7, 11) is 1.93. The Hall–Kier alpha value is -0.300. The molecule has 172 valence electrons. The average Bonchev–Trinajstić information content (AvgIpc) is 3.08. The molecule has 3 saturated carbocycles. The van der Waals surface area contributed by atoms with Gasteiger partial charge in [-0.3, -0.25) is 0 Å². The Balaban J connectivity index is 1.52. The first-order chi connectivity index (χ1) is 14.2. The zero-order valence-electron chi connectivity index (χ0n) is 21.2. The van der Waals surface area contributed by atoms with Crippen LogP contribution in [-0.4, -0.2) is 13.2 Å². The van der Waals surface area contributed by atoms with E-state index in [1.54, 1.807) is 0 Å². The van der Waals surface area contributed by atoms with Crippen molar-refractivity contribution < 1.29 is 4.74 Å². The van der Waals surface area contributed by atoms with Crippen LogP contribution < -0.4 is 0 Å². The minimum atomic E-state index is 0.513. The highest BCUT2D eigenvalue weighted by molar-refractivity contribution is 5.34. The largest absolute Gasteiger partial charge is 0.381 e. The first-order valence-corrected chi connectivity index (χ1v) is 13.5. The second-order valence-electron chi connectivity index (χ2n) is 12.8. The van der Waals surface area contributed by atoms with Crippen molar-refractivity contribution in [2.75, 3.05) is 7.11 Å². The molecule has 0 spiro atoms. The highest BCUT2D eigenvalue weighted by atomic mass is 16.5. The maximum absolute atomic E-state index is 5.79. The number of allylic oxidation sites excluding steroid dienone is 2.